The number of nitrogen functional groups attached to an aromatic ring is 1. The molecule has 0 bridgehead atoms. The van der Waals surface area contributed by atoms with Gasteiger partial charge in [-0.25, -0.2) is 27.3 Å². The first-order valence-electron chi connectivity index (χ1n) is 3.79. The van der Waals surface area contributed by atoms with Crippen molar-refractivity contribution in [2.45, 2.75) is 11.5 Å². The summed E-state index contributed by atoms with van der Waals surface area (Å²) in [6.45, 7) is 0. The summed E-state index contributed by atoms with van der Waals surface area (Å²) in [6, 6.07) is 2.17. The van der Waals surface area contributed by atoms with Crippen LogP contribution in [0.4, 0.5) is 14.6 Å². The van der Waals surface area contributed by atoms with Crippen molar-refractivity contribution in [1.82, 2.24) is 4.98 Å². The fourth-order valence-electron chi connectivity index (χ4n) is 0.999. The van der Waals surface area contributed by atoms with Crippen LogP contribution in [0.1, 0.15) is 17.6 Å². The Balaban J connectivity index is 3.63. The number of primary sulfonamides is 1. The van der Waals surface area contributed by atoms with Gasteiger partial charge in [-0.15, -0.1) is 0 Å². The molecule has 0 aliphatic heterocycles. The van der Waals surface area contributed by atoms with E-state index in [9.17, 15) is 17.2 Å². The molecule has 1 aromatic rings. The number of aromatic nitrogens is 1. The molecule has 9 heteroatoms. The van der Waals surface area contributed by atoms with Crippen LogP contribution in [0.3, 0.4) is 0 Å². The average Bonchev–Trinajstić information content (AvgIpc) is 2.15. The van der Waals surface area contributed by atoms with Crippen molar-refractivity contribution >= 4 is 15.8 Å². The fourth-order valence-corrected chi connectivity index (χ4v) is 1.70. The van der Waals surface area contributed by atoms with E-state index in [-0.39, 0.29) is 5.56 Å². The van der Waals surface area contributed by atoms with Gasteiger partial charge in [0.1, 0.15) is 11.9 Å². The lowest BCUT2D eigenvalue weighted by Gasteiger charge is -2.07. The van der Waals surface area contributed by atoms with Crippen molar-refractivity contribution in [2.75, 3.05) is 5.73 Å². The minimum atomic E-state index is -4.41. The van der Waals surface area contributed by atoms with E-state index in [1.165, 1.54) is 6.07 Å². The molecule has 0 saturated heterocycles. The molecule has 0 unspecified atom stereocenters. The molecule has 86 valence electrons. The number of anilines is 1. The standard InChI is InChI=1S/C7H6F2N4O2S/c8-5(9)4-1-3(2-10)6(11)13-7(4)16(12,14)15/h1,5H,(H2,11,13)(H2,12,14,15). The Morgan fingerprint density at radius 3 is 2.44 bits per heavy atom. The summed E-state index contributed by atoms with van der Waals surface area (Å²) in [5.74, 6) is -0.462. The van der Waals surface area contributed by atoms with Crippen molar-refractivity contribution in [3.63, 3.8) is 0 Å². The number of sulfonamides is 1. The highest BCUT2D eigenvalue weighted by Crippen LogP contribution is 2.27. The van der Waals surface area contributed by atoms with Gasteiger partial charge in [-0.3, -0.25) is 0 Å². The third-order valence-electron chi connectivity index (χ3n) is 1.67. The van der Waals surface area contributed by atoms with Gasteiger partial charge in [0.2, 0.25) is 0 Å². The maximum Gasteiger partial charge on any atom is 0.266 e. The second-order valence-corrected chi connectivity index (χ2v) is 4.25. The number of hydrogen-bond donors (Lipinski definition) is 2. The van der Waals surface area contributed by atoms with Crippen LogP contribution in [0, 0.1) is 11.3 Å². The van der Waals surface area contributed by atoms with Gasteiger partial charge in [-0.05, 0) is 6.07 Å². The van der Waals surface area contributed by atoms with Gasteiger partial charge in [0, 0.05) is 0 Å². The predicted molar refractivity (Wildman–Crippen MR) is 49.7 cm³/mol. The van der Waals surface area contributed by atoms with Crippen molar-refractivity contribution in [3.05, 3.63) is 17.2 Å². The Morgan fingerprint density at radius 2 is 2.06 bits per heavy atom. The van der Waals surface area contributed by atoms with Crippen molar-refractivity contribution in [1.29, 1.82) is 5.26 Å². The molecule has 0 amide bonds. The Kier molecular flexibility index (Phi) is 3.06. The van der Waals surface area contributed by atoms with E-state index in [1.807, 2.05) is 0 Å². The number of pyridine rings is 1. The van der Waals surface area contributed by atoms with E-state index >= 15 is 0 Å². The summed E-state index contributed by atoms with van der Waals surface area (Å²) < 4.78 is 46.9. The van der Waals surface area contributed by atoms with Gasteiger partial charge < -0.3 is 5.73 Å². The molecule has 1 rings (SSSR count). The highest BCUT2D eigenvalue weighted by molar-refractivity contribution is 7.89. The van der Waals surface area contributed by atoms with Gasteiger partial charge in [0.05, 0.1) is 11.1 Å². The van der Waals surface area contributed by atoms with Gasteiger partial charge in [0.25, 0.3) is 16.4 Å². The SMILES string of the molecule is N#Cc1cc(C(F)F)c(S(N)(=O)=O)nc1N. The van der Waals surface area contributed by atoms with Crippen LogP contribution in [0.5, 0.6) is 0 Å². The quantitative estimate of drug-likeness (QED) is 0.769. The molecule has 0 aliphatic rings. The van der Waals surface area contributed by atoms with Gasteiger partial charge >= 0.3 is 0 Å². The van der Waals surface area contributed by atoms with Crippen LogP contribution in [0.2, 0.25) is 0 Å². The normalized spacial score (nSPS) is 11.4. The number of halogens is 2. The molecular weight excluding hydrogens is 242 g/mol. The first kappa shape index (κ1) is 12.3. The van der Waals surface area contributed by atoms with Crippen molar-refractivity contribution in [2.24, 2.45) is 5.14 Å². The summed E-state index contributed by atoms with van der Waals surface area (Å²) in [7, 11) is -4.41. The number of nitrogens with two attached hydrogens (primary N) is 2. The van der Waals surface area contributed by atoms with Crippen LogP contribution in [-0.2, 0) is 10.0 Å². The van der Waals surface area contributed by atoms with Gasteiger partial charge in [-0.1, -0.05) is 0 Å². The Labute approximate surface area is 89.5 Å². The zero-order valence-corrected chi connectivity index (χ0v) is 8.50. The molecule has 6 nitrogen and oxygen atoms in total. The lowest BCUT2D eigenvalue weighted by Crippen LogP contribution is -2.18. The lowest BCUT2D eigenvalue weighted by atomic mass is 10.2. The monoisotopic (exact) mass is 248 g/mol. The molecule has 1 aromatic heterocycles. The third kappa shape index (κ3) is 2.23. The van der Waals surface area contributed by atoms with E-state index in [4.69, 9.17) is 16.1 Å². The average molecular weight is 248 g/mol. The van der Waals surface area contributed by atoms with E-state index in [2.05, 4.69) is 4.98 Å². The molecule has 1 heterocycles. The highest BCUT2D eigenvalue weighted by atomic mass is 32.2. The van der Waals surface area contributed by atoms with Crippen molar-refractivity contribution < 1.29 is 17.2 Å². The molecule has 0 spiro atoms. The topological polar surface area (TPSA) is 123 Å². The van der Waals surface area contributed by atoms with Gasteiger partial charge in [-0.2, -0.15) is 5.26 Å². The highest BCUT2D eigenvalue weighted by Gasteiger charge is 2.24. The first-order valence-corrected chi connectivity index (χ1v) is 5.33. The van der Waals surface area contributed by atoms with E-state index in [0.717, 1.165) is 0 Å². The van der Waals surface area contributed by atoms with Crippen molar-refractivity contribution in [3.8, 4) is 6.07 Å². The molecule has 16 heavy (non-hydrogen) atoms. The molecular formula is C7H6F2N4O2S. The van der Waals surface area contributed by atoms with E-state index in [0.29, 0.717) is 6.07 Å². The summed E-state index contributed by atoms with van der Waals surface area (Å²) in [6.07, 6.45) is -3.12. The van der Waals surface area contributed by atoms with E-state index in [1.54, 1.807) is 0 Å². The first-order chi connectivity index (χ1) is 7.27. The molecule has 0 aromatic carbocycles. The maximum atomic E-state index is 12.5. The van der Waals surface area contributed by atoms with Crippen LogP contribution < -0.4 is 10.9 Å². The summed E-state index contributed by atoms with van der Waals surface area (Å²) in [5, 5.41) is 12.2. The molecule has 0 fully saturated rings. The van der Waals surface area contributed by atoms with Crippen LogP contribution in [0.25, 0.3) is 0 Å². The molecule has 0 aliphatic carbocycles. The maximum absolute atomic E-state index is 12.5. The Hall–Kier alpha value is -1.79. The minimum Gasteiger partial charge on any atom is -0.383 e. The smallest absolute Gasteiger partial charge is 0.266 e. The summed E-state index contributed by atoms with van der Waals surface area (Å²) in [4.78, 5) is 3.20. The minimum absolute atomic E-state index is 0.331. The summed E-state index contributed by atoms with van der Waals surface area (Å²) in [5.41, 5.74) is 3.93. The van der Waals surface area contributed by atoms with Crippen LogP contribution in [0.15, 0.2) is 11.1 Å². The molecule has 0 radical (unpaired) electrons. The zero-order valence-electron chi connectivity index (χ0n) is 7.68. The lowest BCUT2D eigenvalue weighted by molar-refractivity contribution is 0.147. The van der Waals surface area contributed by atoms with Gasteiger partial charge in [0.15, 0.2) is 5.03 Å². The van der Waals surface area contributed by atoms with Crippen LogP contribution in [-0.4, -0.2) is 13.4 Å². The Morgan fingerprint density at radius 1 is 1.50 bits per heavy atom. The fraction of sp³-hybridized carbons (Fsp3) is 0.143. The number of nitrogens with zero attached hydrogens (tertiary/aromatic N) is 2. The third-order valence-corrected chi connectivity index (χ3v) is 2.54. The molecule has 0 atom stereocenters. The number of rotatable bonds is 2. The largest absolute Gasteiger partial charge is 0.383 e. The molecule has 4 N–H and O–H groups in total. The van der Waals surface area contributed by atoms with E-state index < -0.39 is 32.9 Å². The predicted octanol–water partition coefficient (Wildman–Crippen LogP) is 0.120. The second-order valence-electron chi connectivity index (χ2n) is 2.77. The number of nitriles is 1. The summed E-state index contributed by atoms with van der Waals surface area (Å²) >= 11 is 0. The Bertz CT molecular complexity index is 564. The second kappa shape index (κ2) is 3.99. The zero-order chi connectivity index (χ0) is 12.5. The van der Waals surface area contributed by atoms with Crippen LogP contribution >= 0.6 is 0 Å². The number of hydrogen-bond acceptors (Lipinski definition) is 5. The number of alkyl halides is 2. The molecule has 0 saturated carbocycles.